The molecule has 18 heavy (non-hydrogen) atoms. The van der Waals surface area contributed by atoms with Crippen LogP contribution in [-0.4, -0.2) is 34.7 Å². The van der Waals surface area contributed by atoms with Crippen LogP contribution in [0.2, 0.25) is 5.28 Å². The van der Waals surface area contributed by atoms with Crippen molar-refractivity contribution in [1.29, 1.82) is 0 Å². The third-order valence-electron chi connectivity index (χ3n) is 3.14. The minimum absolute atomic E-state index is 0.115. The predicted octanol–water partition coefficient (Wildman–Crippen LogP) is 1.66. The molecule has 0 aromatic carbocycles. The van der Waals surface area contributed by atoms with E-state index in [1.54, 1.807) is 0 Å². The lowest BCUT2D eigenvalue weighted by Crippen LogP contribution is -2.22. The van der Waals surface area contributed by atoms with Gasteiger partial charge in [0, 0.05) is 12.0 Å². The quantitative estimate of drug-likeness (QED) is 0.831. The summed E-state index contributed by atoms with van der Waals surface area (Å²) in [6, 6.07) is 0. The van der Waals surface area contributed by atoms with Gasteiger partial charge in [-0.1, -0.05) is 20.8 Å². The second-order valence-corrected chi connectivity index (χ2v) is 8.49. The zero-order valence-electron chi connectivity index (χ0n) is 10.9. The van der Waals surface area contributed by atoms with Gasteiger partial charge in [-0.05, 0) is 23.9 Å². The molecule has 2 heterocycles. The molecule has 1 fully saturated rings. The van der Waals surface area contributed by atoms with Crippen LogP contribution in [0.15, 0.2) is 0 Å². The smallest absolute Gasteiger partial charge is 0.225 e. The van der Waals surface area contributed by atoms with Crippen LogP contribution in [0.1, 0.15) is 33.0 Å². The van der Waals surface area contributed by atoms with Crippen LogP contribution < -0.4 is 0 Å². The second-order valence-electron chi connectivity index (χ2n) is 5.92. The van der Waals surface area contributed by atoms with Gasteiger partial charge >= 0.3 is 0 Å². The summed E-state index contributed by atoms with van der Waals surface area (Å²) in [4.78, 5) is 0. The van der Waals surface area contributed by atoms with Gasteiger partial charge in [-0.15, -0.1) is 10.2 Å². The topological polar surface area (TPSA) is 64.8 Å². The third-order valence-corrected chi connectivity index (χ3v) is 5.26. The van der Waals surface area contributed by atoms with Gasteiger partial charge in [0.05, 0.1) is 11.5 Å². The monoisotopic (exact) mass is 291 g/mol. The van der Waals surface area contributed by atoms with Crippen molar-refractivity contribution in [3.05, 3.63) is 11.1 Å². The van der Waals surface area contributed by atoms with Crippen molar-refractivity contribution in [2.45, 2.75) is 39.2 Å². The van der Waals surface area contributed by atoms with Crippen LogP contribution in [-0.2, 0) is 21.8 Å². The van der Waals surface area contributed by atoms with E-state index in [4.69, 9.17) is 11.6 Å². The summed E-state index contributed by atoms with van der Waals surface area (Å²) in [5.41, 5.74) is -0.155. The largest absolute Gasteiger partial charge is 0.301 e. The first-order valence-electron chi connectivity index (χ1n) is 5.99. The van der Waals surface area contributed by atoms with Gasteiger partial charge in [-0.2, -0.15) is 0 Å². The summed E-state index contributed by atoms with van der Waals surface area (Å²) in [6.45, 7) is 6.69. The molecule has 0 saturated carbocycles. The van der Waals surface area contributed by atoms with E-state index in [2.05, 4.69) is 10.2 Å². The molecule has 1 unspecified atom stereocenters. The van der Waals surface area contributed by atoms with E-state index in [9.17, 15) is 8.42 Å². The van der Waals surface area contributed by atoms with Crippen molar-refractivity contribution in [3.8, 4) is 0 Å². The molecule has 102 valence electrons. The Hall–Kier alpha value is -0.620. The van der Waals surface area contributed by atoms with Crippen molar-refractivity contribution in [3.63, 3.8) is 0 Å². The maximum atomic E-state index is 11.5. The molecule has 5 nitrogen and oxygen atoms in total. The zero-order valence-corrected chi connectivity index (χ0v) is 12.4. The normalized spacial score (nSPS) is 23.4. The Labute approximate surface area is 112 Å². The van der Waals surface area contributed by atoms with Gasteiger partial charge in [0.15, 0.2) is 9.84 Å². The van der Waals surface area contributed by atoms with Crippen LogP contribution in [0.25, 0.3) is 0 Å². The molecule has 7 heteroatoms. The van der Waals surface area contributed by atoms with Crippen molar-refractivity contribution in [2.75, 3.05) is 11.5 Å². The van der Waals surface area contributed by atoms with E-state index in [-0.39, 0.29) is 22.8 Å². The third kappa shape index (κ3) is 2.85. The molecule has 1 saturated heterocycles. The first kappa shape index (κ1) is 13.8. The SMILES string of the molecule is CC(C)(C)c1nnc(Cl)n1CC1CCS(=O)(=O)C1. The summed E-state index contributed by atoms with van der Waals surface area (Å²) in [6.07, 6.45) is 0.695. The van der Waals surface area contributed by atoms with Gasteiger partial charge in [0.25, 0.3) is 0 Å². The first-order chi connectivity index (χ1) is 8.19. The number of sulfone groups is 1. The number of halogens is 1. The van der Waals surface area contributed by atoms with E-state index < -0.39 is 9.84 Å². The van der Waals surface area contributed by atoms with Crippen LogP contribution in [0.3, 0.4) is 0 Å². The van der Waals surface area contributed by atoms with E-state index in [1.165, 1.54) is 0 Å². The highest BCUT2D eigenvalue weighted by molar-refractivity contribution is 7.91. The standard InChI is InChI=1S/C11H18ClN3O2S/c1-11(2,3)9-13-14-10(12)15(9)6-8-4-5-18(16,17)7-8/h8H,4-7H2,1-3H3. The molecular formula is C11H18ClN3O2S. The van der Waals surface area contributed by atoms with Gasteiger partial charge in [-0.25, -0.2) is 8.42 Å². The van der Waals surface area contributed by atoms with E-state index in [0.29, 0.717) is 18.2 Å². The summed E-state index contributed by atoms with van der Waals surface area (Å²) >= 11 is 6.04. The highest BCUT2D eigenvalue weighted by Gasteiger charge is 2.31. The van der Waals surface area contributed by atoms with Crippen molar-refractivity contribution < 1.29 is 8.42 Å². The molecule has 1 aromatic heterocycles. The van der Waals surface area contributed by atoms with Crippen LogP contribution in [0, 0.1) is 5.92 Å². The number of hydrogen-bond donors (Lipinski definition) is 0. The molecule has 0 N–H and O–H groups in total. The van der Waals surface area contributed by atoms with Crippen LogP contribution >= 0.6 is 11.6 Å². The van der Waals surface area contributed by atoms with Gasteiger partial charge in [-0.3, -0.25) is 0 Å². The maximum Gasteiger partial charge on any atom is 0.225 e. The van der Waals surface area contributed by atoms with E-state index >= 15 is 0 Å². The highest BCUT2D eigenvalue weighted by Crippen LogP contribution is 2.27. The fourth-order valence-electron chi connectivity index (χ4n) is 2.27. The lowest BCUT2D eigenvalue weighted by Gasteiger charge is -2.20. The lowest BCUT2D eigenvalue weighted by molar-refractivity contribution is 0.437. The first-order valence-corrected chi connectivity index (χ1v) is 8.18. The average Bonchev–Trinajstić information content (AvgIpc) is 2.71. The molecule has 1 aromatic rings. The summed E-state index contributed by atoms with van der Waals surface area (Å²) in [7, 11) is -2.86. The van der Waals surface area contributed by atoms with E-state index in [1.807, 2.05) is 25.3 Å². The number of aromatic nitrogens is 3. The Balaban J connectivity index is 2.22. The maximum absolute atomic E-state index is 11.5. The van der Waals surface area contributed by atoms with Crippen molar-refractivity contribution in [1.82, 2.24) is 14.8 Å². The Bertz CT molecular complexity index is 545. The Morgan fingerprint density at radius 1 is 1.39 bits per heavy atom. The predicted molar refractivity (Wildman–Crippen MR) is 70.5 cm³/mol. The molecule has 1 aliphatic rings. The lowest BCUT2D eigenvalue weighted by atomic mass is 9.95. The Morgan fingerprint density at radius 3 is 2.56 bits per heavy atom. The highest BCUT2D eigenvalue weighted by atomic mass is 35.5. The molecule has 0 bridgehead atoms. The number of hydrogen-bond acceptors (Lipinski definition) is 4. The minimum atomic E-state index is -2.86. The molecule has 1 aliphatic heterocycles. The average molecular weight is 292 g/mol. The van der Waals surface area contributed by atoms with Gasteiger partial charge in [0.1, 0.15) is 5.82 Å². The fourth-order valence-corrected chi connectivity index (χ4v) is 4.31. The van der Waals surface area contributed by atoms with Crippen molar-refractivity contribution in [2.24, 2.45) is 5.92 Å². The zero-order chi connectivity index (χ0) is 13.6. The molecule has 0 radical (unpaired) electrons. The van der Waals surface area contributed by atoms with Crippen molar-refractivity contribution >= 4 is 21.4 Å². The molecule has 0 amide bonds. The Morgan fingerprint density at radius 2 is 2.06 bits per heavy atom. The van der Waals surface area contributed by atoms with Gasteiger partial charge < -0.3 is 4.57 Å². The summed E-state index contributed by atoms with van der Waals surface area (Å²) < 4.78 is 24.8. The number of nitrogens with zero attached hydrogens (tertiary/aromatic N) is 3. The van der Waals surface area contributed by atoms with Crippen LogP contribution in [0.5, 0.6) is 0 Å². The fraction of sp³-hybridized carbons (Fsp3) is 0.818. The van der Waals surface area contributed by atoms with E-state index in [0.717, 1.165) is 5.82 Å². The molecule has 1 atom stereocenters. The summed E-state index contributed by atoms with van der Waals surface area (Å²) in [5, 5.41) is 8.32. The molecule has 0 spiro atoms. The van der Waals surface area contributed by atoms with Gasteiger partial charge in [0.2, 0.25) is 5.28 Å². The second kappa shape index (κ2) is 4.49. The number of rotatable bonds is 2. The summed E-state index contributed by atoms with van der Waals surface area (Å²) in [5.74, 6) is 1.44. The minimum Gasteiger partial charge on any atom is -0.301 e. The molecule has 2 rings (SSSR count). The molecular weight excluding hydrogens is 274 g/mol. The van der Waals surface area contributed by atoms with Crippen LogP contribution in [0.4, 0.5) is 0 Å². The Kier molecular flexibility index (Phi) is 3.44. The molecule has 0 aliphatic carbocycles.